The molecule has 0 saturated heterocycles. The average molecular weight is 533 g/mol. The number of Topliss-reactive ketones (excluding diaryl/α,β-unsaturated/α-hetero) is 2. The third kappa shape index (κ3) is 6.61. The van der Waals surface area contributed by atoms with Crippen molar-refractivity contribution >= 4 is 29.3 Å². The lowest BCUT2D eigenvalue weighted by Gasteiger charge is -2.32. The van der Waals surface area contributed by atoms with Crippen LogP contribution >= 0.6 is 0 Å². The van der Waals surface area contributed by atoms with Gasteiger partial charge in [-0.05, 0) is 53.9 Å². The number of ether oxygens (including phenoxy) is 1. The molecular weight excluding hydrogens is 496 g/mol. The molecule has 2 N–H and O–H groups in total. The van der Waals surface area contributed by atoms with Crippen LogP contribution in [0.15, 0.2) is 53.5 Å². The average Bonchev–Trinajstić information content (AvgIpc) is 3.19. The van der Waals surface area contributed by atoms with Crippen LogP contribution in [0.2, 0.25) is 0 Å². The van der Waals surface area contributed by atoms with Gasteiger partial charge in [-0.1, -0.05) is 62.4 Å². The molecule has 0 spiro atoms. The zero-order valence-electron chi connectivity index (χ0n) is 22.7. The molecule has 206 valence electrons. The van der Waals surface area contributed by atoms with Gasteiger partial charge < -0.3 is 15.2 Å². The summed E-state index contributed by atoms with van der Waals surface area (Å²) in [5.41, 5.74) is 4.50. The van der Waals surface area contributed by atoms with Gasteiger partial charge in [0.2, 0.25) is 0 Å². The van der Waals surface area contributed by atoms with Crippen LogP contribution in [0.4, 0.5) is 4.79 Å². The van der Waals surface area contributed by atoms with E-state index in [1.807, 2.05) is 38.1 Å². The fourth-order valence-electron chi connectivity index (χ4n) is 5.72. The molecule has 1 saturated carbocycles. The van der Waals surface area contributed by atoms with E-state index in [0.29, 0.717) is 19.4 Å². The van der Waals surface area contributed by atoms with E-state index in [-0.39, 0.29) is 54.5 Å². The Labute approximate surface area is 228 Å². The number of alkyl carbamates (subject to hydrolysis) is 1. The number of carboxylic acids is 1. The number of hydrogen-bond acceptors (Lipinski definition) is 6. The summed E-state index contributed by atoms with van der Waals surface area (Å²) in [6.45, 7) is 5.88. The minimum Gasteiger partial charge on any atom is -0.480 e. The second-order valence-electron chi connectivity index (χ2n) is 11.3. The SMILES string of the molecule is CC(=N[C@@H](CCCCNC(=O)OCC1c2ccccc2-c2ccccc21)C(=O)O)C1C(=O)CC(C)(C)CC1=O. The van der Waals surface area contributed by atoms with E-state index >= 15 is 0 Å². The van der Waals surface area contributed by atoms with Gasteiger partial charge in [0.05, 0.1) is 0 Å². The predicted octanol–water partition coefficient (Wildman–Crippen LogP) is 5.18. The summed E-state index contributed by atoms with van der Waals surface area (Å²) in [6, 6.07) is 15.2. The number of hydrogen-bond donors (Lipinski definition) is 2. The molecule has 8 nitrogen and oxygen atoms in total. The van der Waals surface area contributed by atoms with E-state index in [1.54, 1.807) is 6.92 Å². The number of carboxylic acid groups (broad SMARTS) is 1. The number of carbonyl (C=O) groups is 4. The molecule has 39 heavy (non-hydrogen) atoms. The molecule has 1 atom stereocenters. The Morgan fingerprint density at radius 3 is 2.13 bits per heavy atom. The first-order valence-corrected chi connectivity index (χ1v) is 13.5. The van der Waals surface area contributed by atoms with Gasteiger partial charge in [0.25, 0.3) is 0 Å². The number of fused-ring (bicyclic) bond motifs is 3. The minimum absolute atomic E-state index is 0.0189. The molecule has 0 unspecified atom stereocenters. The summed E-state index contributed by atoms with van der Waals surface area (Å²) >= 11 is 0. The summed E-state index contributed by atoms with van der Waals surface area (Å²) in [7, 11) is 0. The van der Waals surface area contributed by atoms with Crippen molar-refractivity contribution in [3.8, 4) is 11.1 Å². The van der Waals surface area contributed by atoms with E-state index in [1.165, 1.54) is 0 Å². The van der Waals surface area contributed by atoms with Crippen molar-refractivity contribution in [3.05, 3.63) is 59.7 Å². The molecule has 0 aliphatic heterocycles. The van der Waals surface area contributed by atoms with Gasteiger partial charge in [-0.15, -0.1) is 0 Å². The standard InChI is InChI=1S/C31H36N2O6/c1-19(28-26(34)16-31(2,3)17-27(28)35)33-25(29(36)37)14-8-9-15-32-30(38)39-18-24-22-12-6-4-10-20(22)21-11-5-7-13-23(21)24/h4-7,10-13,24-25,28H,8-9,14-18H2,1-3H3,(H,32,38)(H,36,37)/t25-/m0/s1. The molecule has 2 aromatic rings. The van der Waals surface area contributed by atoms with Crippen molar-refractivity contribution < 1.29 is 29.0 Å². The minimum atomic E-state index is -1.10. The Balaban J connectivity index is 1.23. The highest BCUT2D eigenvalue weighted by Gasteiger charge is 2.41. The second kappa shape index (κ2) is 11.9. The van der Waals surface area contributed by atoms with Gasteiger partial charge in [-0.3, -0.25) is 14.6 Å². The lowest BCUT2D eigenvalue weighted by molar-refractivity contribution is -0.139. The maximum absolute atomic E-state index is 12.5. The van der Waals surface area contributed by atoms with Crippen molar-refractivity contribution in [2.45, 2.75) is 64.8 Å². The number of amides is 1. The van der Waals surface area contributed by atoms with Gasteiger partial charge in [0, 0.05) is 31.0 Å². The molecule has 2 aliphatic rings. The van der Waals surface area contributed by atoms with Gasteiger partial charge in [0.15, 0.2) is 0 Å². The van der Waals surface area contributed by atoms with Gasteiger partial charge >= 0.3 is 12.1 Å². The van der Waals surface area contributed by atoms with Crippen molar-refractivity contribution in [1.82, 2.24) is 5.32 Å². The van der Waals surface area contributed by atoms with Crippen LogP contribution < -0.4 is 5.32 Å². The molecule has 0 aromatic heterocycles. The number of aliphatic carboxylic acids is 1. The number of aliphatic imine (C=N–C) groups is 1. The van der Waals surface area contributed by atoms with Crippen LogP contribution in [-0.2, 0) is 19.1 Å². The van der Waals surface area contributed by atoms with Crippen molar-refractivity contribution in [2.24, 2.45) is 16.3 Å². The Morgan fingerprint density at radius 1 is 1.00 bits per heavy atom. The van der Waals surface area contributed by atoms with Crippen LogP contribution in [-0.4, -0.2) is 53.6 Å². The predicted molar refractivity (Wildman–Crippen MR) is 148 cm³/mol. The number of unbranched alkanes of at least 4 members (excludes halogenated alkanes) is 1. The van der Waals surface area contributed by atoms with Gasteiger partial charge in [-0.25, -0.2) is 9.59 Å². The maximum atomic E-state index is 12.5. The van der Waals surface area contributed by atoms with Crippen LogP contribution in [0, 0.1) is 11.3 Å². The first-order valence-electron chi connectivity index (χ1n) is 13.5. The molecule has 0 radical (unpaired) electrons. The topological polar surface area (TPSA) is 122 Å². The van der Waals surface area contributed by atoms with E-state index in [4.69, 9.17) is 4.74 Å². The molecule has 1 amide bonds. The smallest absolute Gasteiger partial charge is 0.407 e. The Kier molecular flexibility index (Phi) is 8.63. The summed E-state index contributed by atoms with van der Waals surface area (Å²) in [5, 5.41) is 12.4. The normalized spacial score (nSPS) is 17.9. The number of ketones is 2. The molecular formula is C31H36N2O6. The summed E-state index contributed by atoms with van der Waals surface area (Å²) in [6.07, 6.45) is 1.30. The van der Waals surface area contributed by atoms with E-state index in [9.17, 15) is 24.3 Å². The summed E-state index contributed by atoms with van der Waals surface area (Å²) in [5.74, 6) is -2.47. The third-order valence-corrected chi connectivity index (χ3v) is 7.53. The van der Waals surface area contributed by atoms with Crippen LogP contribution in [0.25, 0.3) is 11.1 Å². The number of rotatable bonds is 10. The Morgan fingerprint density at radius 2 is 1.56 bits per heavy atom. The molecule has 0 bridgehead atoms. The zero-order valence-corrected chi connectivity index (χ0v) is 22.7. The van der Waals surface area contributed by atoms with Crippen LogP contribution in [0.5, 0.6) is 0 Å². The van der Waals surface area contributed by atoms with Gasteiger partial charge in [0.1, 0.15) is 30.1 Å². The highest BCUT2D eigenvalue weighted by atomic mass is 16.5. The van der Waals surface area contributed by atoms with Crippen LogP contribution in [0.1, 0.15) is 69.9 Å². The highest BCUT2D eigenvalue weighted by molar-refractivity contribution is 6.22. The van der Waals surface area contributed by atoms with Gasteiger partial charge in [-0.2, -0.15) is 0 Å². The Bertz CT molecular complexity index is 1230. The quantitative estimate of drug-likeness (QED) is 0.247. The van der Waals surface area contributed by atoms with Crippen molar-refractivity contribution in [1.29, 1.82) is 0 Å². The largest absolute Gasteiger partial charge is 0.480 e. The molecule has 0 heterocycles. The zero-order chi connectivity index (χ0) is 28.2. The lowest BCUT2D eigenvalue weighted by Crippen LogP contribution is -2.41. The molecule has 2 aromatic carbocycles. The fraction of sp³-hybridized carbons (Fsp3) is 0.452. The monoisotopic (exact) mass is 532 g/mol. The van der Waals surface area contributed by atoms with E-state index < -0.39 is 24.0 Å². The number of benzene rings is 2. The van der Waals surface area contributed by atoms with E-state index in [2.05, 4.69) is 34.6 Å². The molecule has 8 heteroatoms. The Hall–Kier alpha value is -3.81. The number of nitrogens with zero attached hydrogens (tertiary/aromatic N) is 1. The first kappa shape index (κ1) is 28.2. The fourth-order valence-corrected chi connectivity index (χ4v) is 5.72. The third-order valence-electron chi connectivity index (χ3n) is 7.53. The lowest BCUT2D eigenvalue weighted by atomic mass is 9.70. The molecule has 2 aliphatic carbocycles. The molecule has 4 rings (SSSR count). The second-order valence-corrected chi connectivity index (χ2v) is 11.3. The number of nitrogens with one attached hydrogen (secondary N) is 1. The summed E-state index contributed by atoms with van der Waals surface area (Å²) < 4.78 is 5.53. The first-order chi connectivity index (χ1) is 18.6. The van der Waals surface area contributed by atoms with Crippen LogP contribution in [0.3, 0.4) is 0 Å². The van der Waals surface area contributed by atoms with E-state index in [0.717, 1.165) is 22.3 Å². The van der Waals surface area contributed by atoms with Crippen molar-refractivity contribution in [3.63, 3.8) is 0 Å². The molecule has 1 fully saturated rings. The maximum Gasteiger partial charge on any atom is 0.407 e. The van der Waals surface area contributed by atoms with Crippen molar-refractivity contribution in [2.75, 3.05) is 13.2 Å². The summed E-state index contributed by atoms with van der Waals surface area (Å²) in [4.78, 5) is 53.4. The number of carbonyl (C=O) groups excluding carboxylic acids is 3. The highest BCUT2D eigenvalue weighted by Crippen LogP contribution is 2.44.